The molecule has 226 valence electrons. The molecule has 0 unspecified atom stereocenters. The summed E-state index contributed by atoms with van der Waals surface area (Å²) in [5.74, 6) is 0.753. The molecule has 0 radical (unpaired) electrons. The number of ether oxygens (including phenoxy) is 2. The van der Waals surface area contributed by atoms with Crippen LogP contribution in [-0.2, 0) is 14.8 Å². The van der Waals surface area contributed by atoms with E-state index in [4.69, 9.17) is 14.5 Å². The van der Waals surface area contributed by atoms with Gasteiger partial charge in [0.1, 0.15) is 16.9 Å². The number of para-hydroxylation sites is 1. The minimum Gasteiger partial charge on any atom is -0.493 e. The molecule has 5 aromatic rings. The van der Waals surface area contributed by atoms with Crippen LogP contribution in [0.15, 0.2) is 113 Å². The van der Waals surface area contributed by atoms with Crippen LogP contribution in [0.5, 0.6) is 11.5 Å². The molecule has 0 fully saturated rings. The second-order valence-corrected chi connectivity index (χ2v) is 12.1. The number of anilines is 2. The summed E-state index contributed by atoms with van der Waals surface area (Å²) < 4.78 is 39.0. The van der Waals surface area contributed by atoms with Crippen LogP contribution in [0.1, 0.15) is 5.56 Å². The molecule has 2 heterocycles. The van der Waals surface area contributed by atoms with Crippen LogP contribution < -0.4 is 19.5 Å². The van der Waals surface area contributed by atoms with Gasteiger partial charge in [0.15, 0.2) is 11.5 Å². The Labute approximate surface area is 265 Å². The fraction of sp³-hybridized carbons (Fsp3) is 0.0909. The number of nitrogens with one attached hydrogen (secondary N) is 2. The lowest BCUT2D eigenvalue weighted by molar-refractivity contribution is -0.113. The Morgan fingerprint density at radius 2 is 1.67 bits per heavy atom. The highest BCUT2D eigenvalue weighted by atomic mass is 32.2. The maximum atomic E-state index is 13.0. The van der Waals surface area contributed by atoms with Gasteiger partial charge in [-0.2, -0.15) is 5.26 Å². The van der Waals surface area contributed by atoms with Crippen molar-refractivity contribution in [3.05, 3.63) is 109 Å². The number of hydrogen-bond acceptors (Lipinski definition) is 9. The van der Waals surface area contributed by atoms with Crippen molar-refractivity contribution >= 4 is 39.2 Å². The summed E-state index contributed by atoms with van der Waals surface area (Å²) in [6.07, 6.45) is 1.48. The van der Waals surface area contributed by atoms with Gasteiger partial charge in [-0.3, -0.25) is 9.52 Å². The lowest BCUT2D eigenvalue weighted by atomic mass is 9.98. The second kappa shape index (κ2) is 13.9. The van der Waals surface area contributed by atoms with Crippen molar-refractivity contribution in [2.24, 2.45) is 0 Å². The number of methoxy groups -OCH3 is 2. The van der Waals surface area contributed by atoms with Gasteiger partial charge in [0.2, 0.25) is 5.91 Å². The maximum Gasteiger partial charge on any atom is 0.263 e. The van der Waals surface area contributed by atoms with Crippen LogP contribution in [-0.4, -0.2) is 44.3 Å². The maximum absolute atomic E-state index is 13.0. The van der Waals surface area contributed by atoms with E-state index in [2.05, 4.69) is 21.1 Å². The normalized spacial score (nSPS) is 10.9. The third kappa shape index (κ3) is 7.23. The van der Waals surface area contributed by atoms with Crippen molar-refractivity contribution in [1.82, 2.24) is 9.97 Å². The Bertz CT molecular complexity index is 1970. The Morgan fingerprint density at radius 3 is 2.33 bits per heavy atom. The zero-order valence-electron chi connectivity index (χ0n) is 24.2. The summed E-state index contributed by atoms with van der Waals surface area (Å²) in [6, 6.07) is 29.7. The molecule has 0 aliphatic carbocycles. The zero-order valence-corrected chi connectivity index (χ0v) is 25.9. The van der Waals surface area contributed by atoms with E-state index in [0.717, 1.165) is 17.3 Å². The lowest BCUT2D eigenvalue weighted by Gasteiger charge is -2.16. The van der Waals surface area contributed by atoms with Crippen molar-refractivity contribution in [2.45, 2.75) is 9.92 Å². The first-order chi connectivity index (χ1) is 21.8. The summed E-state index contributed by atoms with van der Waals surface area (Å²) in [5, 5.41) is 13.4. The standard InChI is InChI=1S/C33H27N5O5S2/c1-42-29-12-8-11-25(32(29)43-2)26-19-28(22-9-4-3-5-10-22)37-33(27(26)20-34)44-21-31(39)36-23-14-16-24(17-15-23)45(40,41)38-30-13-6-7-18-35-30/h3-19H,21H2,1-2H3,(H,35,38)(H,36,39). The fourth-order valence-electron chi connectivity index (χ4n) is 4.47. The van der Waals surface area contributed by atoms with Gasteiger partial charge < -0.3 is 14.8 Å². The first-order valence-corrected chi connectivity index (χ1v) is 16.0. The van der Waals surface area contributed by atoms with E-state index in [1.165, 1.54) is 37.6 Å². The summed E-state index contributed by atoms with van der Waals surface area (Å²) in [7, 11) is -0.786. The van der Waals surface area contributed by atoms with Gasteiger partial charge in [-0.15, -0.1) is 0 Å². The highest BCUT2D eigenvalue weighted by Crippen LogP contribution is 2.42. The summed E-state index contributed by atoms with van der Waals surface area (Å²) >= 11 is 1.12. The van der Waals surface area contributed by atoms with Crippen LogP contribution in [0, 0.1) is 11.3 Å². The molecule has 0 aliphatic heterocycles. The molecule has 0 aliphatic rings. The molecule has 0 spiro atoms. The molecule has 12 heteroatoms. The van der Waals surface area contributed by atoms with Crippen LogP contribution in [0.4, 0.5) is 11.5 Å². The number of carbonyl (C=O) groups excluding carboxylic acids is 1. The molecule has 3 aromatic carbocycles. The average molecular weight is 638 g/mol. The third-order valence-corrected chi connectivity index (χ3v) is 8.90. The Balaban J connectivity index is 1.39. The number of amides is 1. The number of thioether (sulfide) groups is 1. The number of pyridine rings is 2. The van der Waals surface area contributed by atoms with E-state index in [0.29, 0.717) is 39.0 Å². The van der Waals surface area contributed by atoms with E-state index < -0.39 is 10.0 Å². The SMILES string of the molecule is COc1cccc(-c2cc(-c3ccccc3)nc(SCC(=O)Nc3ccc(S(=O)(=O)Nc4ccccn4)cc3)c2C#N)c1OC. The topological polar surface area (TPSA) is 143 Å². The minimum absolute atomic E-state index is 0.0154. The monoisotopic (exact) mass is 637 g/mol. The predicted octanol–water partition coefficient (Wildman–Crippen LogP) is 6.23. The lowest BCUT2D eigenvalue weighted by Crippen LogP contribution is -2.16. The molecule has 1 amide bonds. The minimum atomic E-state index is -3.86. The smallest absolute Gasteiger partial charge is 0.263 e. The van der Waals surface area contributed by atoms with Crippen molar-refractivity contribution in [3.63, 3.8) is 0 Å². The highest BCUT2D eigenvalue weighted by molar-refractivity contribution is 8.00. The van der Waals surface area contributed by atoms with Gasteiger partial charge in [-0.05, 0) is 48.5 Å². The van der Waals surface area contributed by atoms with Crippen molar-refractivity contribution in [2.75, 3.05) is 30.0 Å². The van der Waals surface area contributed by atoms with Gasteiger partial charge in [-0.1, -0.05) is 60.3 Å². The largest absolute Gasteiger partial charge is 0.493 e. The first-order valence-electron chi connectivity index (χ1n) is 13.5. The summed E-state index contributed by atoms with van der Waals surface area (Å²) in [5.41, 5.74) is 3.38. The highest BCUT2D eigenvalue weighted by Gasteiger charge is 2.21. The van der Waals surface area contributed by atoms with Gasteiger partial charge in [-0.25, -0.2) is 18.4 Å². The quantitative estimate of drug-likeness (QED) is 0.161. The molecule has 45 heavy (non-hydrogen) atoms. The number of aromatic nitrogens is 2. The molecule has 2 aromatic heterocycles. The number of benzene rings is 3. The van der Waals surface area contributed by atoms with E-state index in [-0.39, 0.29) is 27.9 Å². The van der Waals surface area contributed by atoms with Crippen LogP contribution in [0.25, 0.3) is 22.4 Å². The van der Waals surface area contributed by atoms with Crippen LogP contribution >= 0.6 is 11.8 Å². The Kier molecular flexibility index (Phi) is 9.62. The van der Waals surface area contributed by atoms with E-state index in [1.807, 2.05) is 48.5 Å². The molecule has 0 atom stereocenters. The third-order valence-electron chi connectivity index (χ3n) is 6.55. The predicted molar refractivity (Wildman–Crippen MR) is 174 cm³/mol. The summed E-state index contributed by atoms with van der Waals surface area (Å²) in [6.45, 7) is 0. The number of rotatable bonds is 11. The van der Waals surface area contributed by atoms with Crippen molar-refractivity contribution in [1.29, 1.82) is 5.26 Å². The molecule has 2 N–H and O–H groups in total. The van der Waals surface area contributed by atoms with Crippen molar-refractivity contribution in [3.8, 4) is 40.0 Å². The Morgan fingerprint density at radius 1 is 0.911 bits per heavy atom. The first kappa shape index (κ1) is 31.1. The van der Waals surface area contributed by atoms with Crippen LogP contribution in [0.2, 0.25) is 0 Å². The van der Waals surface area contributed by atoms with E-state index >= 15 is 0 Å². The Hall–Kier alpha value is -5.38. The number of nitrogens with zero attached hydrogens (tertiary/aromatic N) is 3. The average Bonchev–Trinajstić information content (AvgIpc) is 3.07. The van der Waals surface area contributed by atoms with E-state index in [1.54, 1.807) is 31.4 Å². The number of sulfonamides is 1. The molecule has 10 nitrogen and oxygen atoms in total. The van der Waals surface area contributed by atoms with Crippen LogP contribution in [0.3, 0.4) is 0 Å². The number of carbonyl (C=O) groups is 1. The zero-order chi connectivity index (χ0) is 31.8. The molecular weight excluding hydrogens is 611 g/mol. The van der Waals surface area contributed by atoms with Gasteiger partial charge in [0.05, 0.1) is 36.1 Å². The molecular formula is C33H27N5O5S2. The van der Waals surface area contributed by atoms with E-state index in [9.17, 15) is 18.5 Å². The molecule has 0 saturated carbocycles. The van der Waals surface area contributed by atoms with Gasteiger partial charge in [0.25, 0.3) is 10.0 Å². The van der Waals surface area contributed by atoms with Crippen molar-refractivity contribution < 1.29 is 22.7 Å². The van der Waals surface area contributed by atoms with Gasteiger partial charge >= 0.3 is 0 Å². The summed E-state index contributed by atoms with van der Waals surface area (Å²) in [4.78, 5) is 21.7. The number of hydrogen-bond donors (Lipinski definition) is 2. The molecule has 0 saturated heterocycles. The fourth-order valence-corrected chi connectivity index (χ4v) is 6.28. The molecule has 0 bridgehead atoms. The number of nitriles is 1. The second-order valence-electron chi connectivity index (χ2n) is 9.44. The van der Waals surface area contributed by atoms with Gasteiger partial charge in [0, 0.05) is 28.6 Å². The molecule has 5 rings (SSSR count).